The summed E-state index contributed by atoms with van der Waals surface area (Å²) >= 11 is 0. The van der Waals surface area contributed by atoms with E-state index in [-0.39, 0.29) is 0 Å². The van der Waals surface area contributed by atoms with Crippen LogP contribution in [0.3, 0.4) is 0 Å². The zero-order valence-corrected chi connectivity index (χ0v) is 9.22. The molecule has 0 aliphatic rings. The van der Waals surface area contributed by atoms with E-state index in [0.717, 1.165) is 27.9 Å². The van der Waals surface area contributed by atoms with Crippen LogP contribution < -0.4 is 0 Å². The molecule has 0 saturated carbocycles. The SMILES string of the molecule is C=C/C=C\c1cc2nc3ccccc3nc2[nH]1. The summed E-state index contributed by atoms with van der Waals surface area (Å²) in [6.45, 7) is 3.64. The third-order valence-electron chi connectivity index (χ3n) is 2.56. The number of allylic oxidation sites excluding steroid dienone is 2. The Hall–Kier alpha value is -2.42. The Bertz CT molecular complexity index is 670. The Balaban J connectivity index is 2.24. The van der Waals surface area contributed by atoms with Crippen LogP contribution in [-0.2, 0) is 0 Å². The van der Waals surface area contributed by atoms with E-state index in [1.165, 1.54) is 0 Å². The molecule has 3 rings (SSSR count). The zero-order chi connectivity index (χ0) is 11.7. The maximum atomic E-state index is 4.55. The summed E-state index contributed by atoms with van der Waals surface area (Å²) in [5, 5.41) is 0. The number of nitrogens with zero attached hydrogens (tertiary/aromatic N) is 2. The normalized spacial score (nSPS) is 11.5. The fourth-order valence-corrected chi connectivity index (χ4v) is 1.79. The lowest BCUT2D eigenvalue weighted by Gasteiger charge is -1.94. The molecule has 0 amide bonds. The maximum absolute atomic E-state index is 4.55. The number of nitrogens with one attached hydrogen (secondary N) is 1. The van der Waals surface area contributed by atoms with Crippen molar-refractivity contribution < 1.29 is 0 Å². The highest BCUT2D eigenvalue weighted by atomic mass is 14.9. The summed E-state index contributed by atoms with van der Waals surface area (Å²) in [7, 11) is 0. The molecular formula is C14H11N3. The Morgan fingerprint density at radius 1 is 1.06 bits per heavy atom. The summed E-state index contributed by atoms with van der Waals surface area (Å²) in [5.74, 6) is 0. The molecule has 0 aliphatic heterocycles. The summed E-state index contributed by atoms with van der Waals surface area (Å²) in [6.07, 6.45) is 5.56. The van der Waals surface area contributed by atoms with Crippen molar-refractivity contribution in [1.29, 1.82) is 0 Å². The second kappa shape index (κ2) is 3.87. The lowest BCUT2D eigenvalue weighted by Crippen LogP contribution is -1.84. The van der Waals surface area contributed by atoms with Gasteiger partial charge in [0.15, 0.2) is 5.65 Å². The molecule has 0 unspecified atom stereocenters. The molecule has 82 valence electrons. The van der Waals surface area contributed by atoms with E-state index in [0.29, 0.717) is 0 Å². The third-order valence-corrected chi connectivity index (χ3v) is 2.56. The van der Waals surface area contributed by atoms with Gasteiger partial charge in [-0.2, -0.15) is 0 Å². The number of aromatic nitrogens is 3. The monoisotopic (exact) mass is 221 g/mol. The Labute approximate surface area is 98.5 Å². The van der Waals surface area contributed by atoms with Crippen LogP contribution in [0, 0.1) is 0 Å². The predicted octanol–water partition coefficient (Wildman–Crippen LogP) is 3.31. The summed E-state index contributed by atoms with van der Waals surface area (Å²) in [5.41, 5.74) is 4.49. The highest BCUT2D eigenvalue weighted by molar-refractivity contribution is 5.85. The number of fused-ring (bicyclic) bond motifs is 2. The highest BCUT2D eigenvalue weighted by Crippen LogP contribution is 2.17. The van der Waals surface area contributed by atoms with Gasteiger partial charge in [0.1, 0.15) is 5.52 Å². The molecule has 3 nitrogen and oxygen atoms in total. The molecule has 0 spiro atoms. The van der Waals surface area contributed by atoms with Crippen LogP contribution in [0.5, 0.6) is 0 Å². The van der Waals surface area contributed by atoms with Crippen molar-refractivity contribution in [3.63, 3.8) is 0 Å². The minimum Gasteiger partial charge on any atom is -0.338 e. The lowest BCUT2D eigenvalue weighted by molar-refractivity contribution is 1.33. The predicted molar refractivity (Wildman–Crippen MR) is 70.6 cm³/mol. The molecule has 2 heterocycles. The molecule has 3 aromatic rings. The van der Waals surface area contributed by atoms with Crippen molar-refractivity contribution >= 4 is 28.3 Å². The van der Waals surface area contributed by atoms with Gasteiger partial charge in [-0.3, -0.25) is 0 Å². The standard InChI is InChI=1S/C14H11N3/c1-2-3-6-10-9-13-14(15-10)17-12-8-5-4-7-11(12)16-13/h2-9H,1H2,(H,15,17)/b6-3-. The molecule has 0 fully saturated rings. The Kier molecular flexibility index (Phi) is 2.22. The fraction of sp³-hybridized carbons (Fsp3) is 0. The molecular weight excluding hydrogens is 210 g/mol. The van der Waals surface area contributed by atoms with Gasteiger partial charge in [-0.1, -0.05) is 30.9 Å². The van der Waals surface area contributed by atoms with Crippen LogP contribution in [0.2, 0.25) is 0 Å². The van der Waals surface area contributed by atoms with Crippen molar-refractivity contribution in [3.8, 4) is 0 Å². The van der Waals surface area contributed by atoms with E-state index in [1.54, 1.807) is 6.08 Å². The molecule has 0 aliphatic carbocycles. The van der Waals surface area contributed by atoms with Crippen molar-refractivity contribution in [2.45, 2.75) is 0 Å². The minimum atomic E-state index is 0.812. The van der Waals surface area contributed by atoms with E-state index >= 15 is 0 Å². The summed E-state index contributed by atoms with van der Waals surface area (Å²) < 4.78 is 0. The van der Waals surface area contributed by atoms with Crippen LogP contribution in [-0.4, -0.2) is 15.0 Å². The Morgan fingerprint density at radius 3 is 2.59 bits per heavy atom. The van der Waals surface area contributed by atoms with Crippen LogP contribution >= 0.6 is 0 Å². The zero-order valence-electron chi connectivity index (χ0n) is 9.22. The quantitative estimate of drug-likeness (QED) is 0.674. The second-order valence-electron chi connectivity index (χ2n) is 3.77. The molecule has 2 aromatic heterocycles. The molecule has 0 saturated heterocycles. The smallest absolute Gasteiger partial charge is 0.157 e. The van der Waals surface area contributed by atoms with Crippen LogP contribution in [0.15, 0.2) is 49.1 Å². The lowest BCUT2D eigenvalue weighted by atomic mass is 10.3. The van der Waals surface area contributed by atoms with Gasteiger partial charge in [0, 0.05) is 5.69 Å². The number of aromatic amines is 1. The first-order valence-electron chi connectivity index (χ1n) is 5.41. The van der Waals surface area contributed by atoms with Crippen molar-refractivity contribution in [1.82, 2.24) is 15.0 Å². The first kappa shape index (κ1) is 9.78. The van der Waals surface area contributed by atoms with Gasteiger partial charge in [0.2, 0.25) is 0 Å². The topological polar surface area (TPSA) is 41.6 Å². The number of hydrogen-bond donors (Lipinski definition) is 1. The molecule has 1 N–H and O–H groups in total. The van der Waals surface area contributed by atoms with Gasteiger partial charge in [-0.25, -0.2) is 9.97 Å². The van der Waals surface area contributed by atoms with Gasteiger partial charge in [-0.15, -0.1) is 0 Å². The highest BCUT2D eigenvalue weighted by Gasteiger charge is 2.03. The average Bonchev–Trinajstić information content (AvgIpc) is 2.75. The van der Waals surface area contributed by atoms with Crippen LogP contribution in [0.4, 0.5) is 0 Å². The number of hydrogen-bond acceptors (Lipinski definition) is 2. The average molecular weight is 221 g/mol. The number of benzene rings is 1. The minimum absolute atomic E-state index is 0.812. The number of H-pyrrole nitrogens is 1. The molecule has 0 atom stereocenters. The van der Waals surface area contributed by atoms with E-state index in [9.17, 15) is 0 Å². The van der Waals surface area contributed by atoms with Gasteiger partial charge in [0.05, 0.1) is 11.0 Å². The fourth-order valence-electron chi connectivity index (χ4n) is 1.79. The first-order chi connectivity index (χ1) is 8.36. The van der Waals surface area contributed by atoms with E-state index in [2.05, 4.69) is 21.5 Å². The van der Waals surface area contributed by atoms with Crippen LogP contribution in [0.25, 0.3) is 28.3 Å². The number of para-hydroxylation sites is 2. The third kappa shape index (κ3) is 1.72. The van der Waals surface area contributed by atoms with Gasteiger partial charge < -0.3 is 4.98 Å². The molecule has 3 heteroatoms. The Morgan fingerprint density at radius 2 is 1.82 bits per heavy atom. The van der Waals surface area contributed by atoms with Crippen molar-refractivity contribution in [2.24, 2.45) is 0 Å². The van der Waals surface area contributed by atoms with E-state index in [1.807, 2.05) is 42.5 Å². The van der Waals surface area contributed by atoms with E-state index in [4.69, 9.17) is 0 Å². The second-order valence-corrected chi connectivity index (χ2v) is 3.77. The van der Waals surface area contributed by atoms with Crippen molar-refractivity contribution in [3.05, 3.63) is 54.8 Å². The van der Waals surface area contributed by atoms with Crippen molar-refractivity contribution in [2.75, 3.05) is 0 Å². The van der Waals surface area contributed by atoms with Gasteiger partial charge >= 0.3 is 0 Å². The molecule has 1 aromatic carbocycles. The molecule has 0 radical (unpaired) electrons. The summed E-state index contributed by atoms with van der Waals surface area (Å²) in [4.78, 5) is 12.3. The first-order valence-corrected chi connectivity index (χ1v) is 5.41. The maximum Gasteiger partial charge on any atom is 0.157 e. The van der Waals surface area contributed by atoms with Gasteiger partial charge in [0.25, 0.3) is 0 Å². The molecule has 0 bridgehead atoms. The summed E-state index contributed by atoms with van der Waals surface area (Å²) in [6, 6.07) is 9.84. The van der Waals surface area contributed by atoms with E-state index < -0.39 is 0 Å². The molecule has 17 heavy (non-hydrogen) atoms. The largest absolute Gasteiger partial charge is 0.338 e. The number of rotatable bonds is 2. The van der Waals surface area contributed by atoms with Crippen LogP contribution in [0.1, 0.15) is 5.69 Å². The van der Waals surface area contributed by atoms with Gasteiger partial charge in [-0.05, 0) is 24.3 Å².